The van der Waals surface area contributed by atoms with Gasteiger partial charge in [0.15, 0.2) is 0 Å². The van der Waals surface area contributed by atoms with Crippen LogP contribution in [-0.2, 0) is 4.74 Å². The molecule has 0 aliphatic heterocycles. The van der Waals surface area contributed by atoms with Crippen molar-refractivity contribution in [1.29, 1.82) is 0 Å². The summed E-state index contributed by atoms with van der Waals surface area (Å²) in [6, 6.07) is 2.72. The summed E-state index contributed by atoms with van der Waals surface area (Å²) in [6.45, 7) is 0.166. The zero-order valence-corrected chi connectivity index (χ0v) is 9.75. The number of hydrogen-bond acceptors (Lipinski definition) is 3. The Morgan fingerprint density at radius 1 is 1.39 bits per heavy atom. The summed E-state index contributed by atoms with van der Waals surface area (Å²) >= 11 is 0. The molecule has 102 valence electrons. The van der Waals surface area contributed by atoms with Gasteiger partial charge >= 0.3 is 12.3 Å². The van der Waals surface area contributed by atoms with Gasteiger partial charge in [0.2, 0.25) is 0 Å². The van der Waals surface area contributed by atoms with Crippen molar-refractivity contribution in [2.24, 2.45) is 5.73 Å². The summed E-state index contributed by atoms with van der Waals surface area (Å²) in [5, 5.41) is 0. The van der Waals surface area contributed by atoms with Crippen molar-refractivity contribution in [1.82, 2.24) is 4.98 Å². The molecule has 0 bridgehead atoms. The quantitative estimate of drug-likeness (QED) is 0.804. The van der Waals surface area contributed by atoms with Crippen LogP contribution >= 0.6 is 0 Å². The van der Waals surface area contributed by atoms with Crippen molar-refractivity contribution in [2.75, 3.05) is 13.2 Å². The monoisotopic (exact) mass is 266 g/mol. The number of aryl methyl sites for hydroxylation is 1. The van der Waals surface area contributed by atoms with Crippen LogP contribution in [-0.4, -0.2) is 30.5 Å². The Morgan fingerprint density at radius 3 is 2.56 bits per heavy atom. The van der Waals surface area contributed by atoms with Gasteiger partial charge in [-0.1, -0.05) is 6.07 Å². The molecule has 1 atom stereocenters. The highest BCUT2D eigenvalue weighted by Crippen LogP contribution is 2.23. The summed E-state index contributed by atoms with van der Waals surface area (Å²) in [6.07, 6.45) is -2.25. The normalized spacial score (nSPS) is 13.9. The number of halogens is 4. The van der Waals surface area contributed by atoms with Crippen LogP contribution in [0.1, 0.15) is 17.3 Å². The third-order valence-corrected chi connectivity index (χ3v) is 2.27. The van der Waals surface area contributed by atoms with E-state index in [1.54, 1.807) is 19.1 Å². The Bertz CT molecular complexity index is 370. The molecule has 0 spiro atoms. The lowest BCUT2D eigenvalue weighted by Crippen LogP contribution is -2.33. The van der Waals surface area contributed by atoms with Crippen molar-refractivity contribution in [3.05, 3.63) is 29.6 Å². The molecule has 0 amide bonds. The molecule has 3 nitrogen and oxygen atoms in total. The Kier molecular flexibility index (Phi) is 5.03. The maximum atomic E-state index is 12.5. The van der Waals surface area contributed by atoms with Gasteiger partial charge < -0.3 is 10.5 Å². The van der Waals surface area contributed by atoms with E-state index in [9.17, 15) is 17.6 Å². The first-order valence-corrected chi connectivity index (χ1v) is 5.25. The number of rotatable bonds is 6. The molecule has 1 aromatic rings. The lowest BCUT2D eigenvalue weighted by molar-refractivity contribution is -0.166. The molecule has 2 N–H and O–H groups in total. The van der Waals surface area contributed by atoms with Crippen LogP contribution in [0.25, 0.3) is 0 Å². The van der Waals surface area contributed by atoms with Crippen LogP contribution in [0.5, 0.6) is 0 Å². The second-order valence-corrected chi connectivity index (χ2v) is 3.92. The fraction of sp³-hybridized carbons (Fsp3) is 0.545. The minimum absolute atomic E-state index is 0.271. The van der Waals surface area contributed by atoms with E-state index in [0.717, 1.165) is 5.69 Å². The van der Waals surface area contributed by atoms with Gasteiger partial charge in [0.05, 0.1) is 12.6 Å². The predicted molar refractivity (Wildman–Crippen MR) is 57.7 cm³/mol. The molecule has 0 aliphatic rings. The number of nitrogens with zero attached hydrogens (tertiary/aromatic N) is 1. The van der Waals surface area contributed by atoms with Crippen LogP contribution in [0.15, 0.2) is 18.3 Å². The second kappa shape index (κ2) is 6.10. The summed E-state index contributed by atoms with van der Waals surface area (Å²) in [5.74, 6) is -4.15. The first kappa shape index (κ1) is 14.8. The Morgan fingerprint density at radius 2 is 2.06 bits per heavy atom. The molecule has 0 saturated heterocycles. The Balaban J connectivity index is 2.42. The first-order valence-electron chi connectivity index (χ1n) is 5.25. The maximum Gasteiger partial charge on any atom is 0.330 e. The number of alkyl halides is 4. The molecule has 0 radical (unpaired) electrons. The summed E-state index contributed by atoms with van der Waals surface area (Å²) < 4.78 is 53.2. The minimum Gasteiger partial charge on any atom is -0.373 e. The van der Waals surface area contributed by atoms with Gasteiger partial charge in [-0.3, -0.25) is 4.98 Å². The third kappa shape index (κ3) is 4.23. The zero-order valence-electron chi connectivity index (χ0n) is 9.75. The summed E-state index contributed by atoms with van der Waals surface area (Å²) in [4.78, 5) is 3.98. The average Bonchev–Trinajstić information content (AvgIpc) is 2.29. The van der Waals surface area contributed by atoms with E-state index in [0.29, 0.717) is 5.56 Å². The number of hydrogen-bond donors (Lipinski definition) is 1. The van der Waals surface area contributed by atoms with Gasteiger partial charge in [-0.05, 0) is 18.6 Å². The molecule has 18 heavy (non-hydrogen) atoms. The largest absolute Gasteiger partial charge is 0.373 e. The molecule has 1 heterocycles. The van der Waals surface area contributed by atoms with Crippen molar-refractivity contribution in [3.8, 4) is 0 Å². The Labute approximate surface area is 102 Å². The van der Waals surface area contributed by atoms with E-state index in [4.69, 9.17) is 5.73 Å². The van der Waals surface area contributed by atoms with E-state index in [1.807, 2.05) is 0 Å². The zero-order chi connectivity index (χ0) is 13.8. The number of aromatic nitrogens is 1. The molecule has 1 unspecified atom stereocenters. The molecule has 0 aromatic carbocycles. The molecule has 0 fully saturated rings. The molecule has 7 heteroatoms. The lowest BCUT2D eigenvalue weighted by atomic mass is 10.1. The van der Waals surface area contributed by atoms with Crippen LogP contribution in [0.2, 0.25) is 0 Å². The highest BCUT2D eigenvalue weighted by atomic mass is 19.3. The smallest absolute Gasteiger partial charge is 0.330 e. The molecule has 0 saturated carbocycles. The third-order valence-electron chi connectivity index (χ3n) is 2.27. The van der Waals surface area contributed by atoms with Crippen LogP contribution in [0.4, 0.5) is 17.6 Å². The number of nitrogens with two attached hydrogens (primary N) is 1. The maximum absolute atomic E-state index is 12.5. The van der Waals surface area contributed by atoms with Gasteiger partial charge in [-0.2, -0.15) is 8.78 Å². The number of ether oxygens (including phenoxy) is 1. The van der Waals surface area contributed by atoms with Crippen molar-refractivity contribution in [3.63, 3.8) is 0 Å². The van der Waals surface area contributed by atoms with Crippen molar-refractivity contribution in [2.45, 2.75) is 25.3 Å². The van der Waals surface area contributed by atoms with E-state index in [2.05, 4.69) is 9.72 Å². The Hall–Kier alpha value is -1.21. The highest BCUT2D eigenvalue weighted by molar-refractivity contribution is 5.16. The number of pyridine rings is 1. The van der Waals surface area contributed by atoms with Crippen molar-refractivity contribution < 1.29 is 22.3 Å². The highest BCUT2D eigenvalue weighted by Gasteiger charge is 2.41. The first-order chi connectivity index (χ1) is 8.33. The molecule has 1 aromatic heterocycles. The van der Waals surface area contributed by atoms with E-state index in [-0.39, 0.29) is 6.61 Å². The van der Waals surface area contributed by atoms with Gasteiger partial charge in [-0.25, -0.2) is 8.78 Å². The molecular weight excluding hydrogens is 252 g/mol. The fourth-order valence-corrected chi connectivity index (χ4v) is 1.18. The fourth-order valence-electron chi connectivity index (χ4n) is 1.18. The topological polar surface area (TPSA) is 48.1 Å². The van der Waals surface area contributed by atoms with Crippen molar-refractivity contribution >= 4 is 0 Å². The molecule has 1 rings (SSSR count). The average molecular weight is 266 g/mol. The lowest BCUT2D eigenvalue weighted by Gasteiger charge is -2.17. The SMILES string of the molecule is Cc1ccc(C(N)COCC(F)(F)C(F)F)cn1. The van der Waals surface area contributed by atoms with Crippen LogP contribution in [0.3, 0.4) is 0 Å². The van der Waals surface area contributed by atoms with Gasteiger partial charge in [0.1, 0.15) is 6.61 Å². The van der Waals surface area contributed by atoms with Gasteiger partial charge in [-0.15, -0.1) is 0 Å². The standard InChI is InChI=1S/C11H14F4N2O/c1-7-2-3-8(4-17-7)9(16)5-18-6-11(14,15)10(12)13/h2-4,9-10H,5-6,16H2,1H3. The van der Waals surface area contributed by atoms with Crippen LogP contribution in [0, 0.1) is 6.92 Å². The summed E-state index contributed by atoms with van der Waals surface area (Å²) in [7, 11) is 0. The molecule has 0 aliphatic carbocycles. The minimum atomic E-state index is -4.15. The van der Waals surface area contributed by atoms with E-state index >= 15 is 0 Å². The van der Waals surface area contributed by atoms with Crippen LogP contribution < -0.4 is 5.73 Å². The van der Waals surface area contributed by atoms with E-state index in [1.165, 1.54) is 6.20 Å². The van der Waals surface area contributed by atoms with Gasteiger partial charge in [0.25, 0.3) is 0 Å². The predicted octanol–water partition coefficient (Wildman–Crippen LogP) is 2.31. The molecular formula is C11H14F4N2O. The summed E-state index contributed by atoms with van der Waals surface area (Å²) in [5.41, 5.74) is 7.04. The van der Waals surface area contributed by atoms with Gasteiger partial charge in [0, 0.05) is 11.9 Å². The second-order valence-electron chi connectivity index (χ2n) is 3.92. The van der Waals surface area contributed by atoms with E-state index < -0.39 is 25.0 Å².